The maximum Gasteiger partial charge on any atom is 0.254 e. The smallest absolute Gasteiger partial charge is 0.254 e. The zero-order chi connectivity index (χ0) is 8.27. The van der Waals surface area contributed by atoms with E-state index in [4.69, 9.17) is 5.41 Å². The van der Waals surface area contributed by atoms with Gasteiger partial charge in [0.25, 0.3) is 5.95 Å². The third kappa shape index (κ3) is 1.82. The number of aliphatic imine (C=N–C) groups is 1. The van der Waals surface area contributed by atoms with Gasteiger partial charge in [-0.05, 0) is 29.5 Å². The van der Waals surface area contributed by atoms with Crippen molar-refractivity contribution < 1.29 is 0 Å². The predicted molar refractivity (Wildman–Crippen MR) is 51.1 cm³/mol. The van der Waals surface area contributed by atoms with Crippen molar-refractivity contribution in [3.63, 3.8) is 0 Å². The van der Waals surface area contributed by atoms with Gasteiger partial charge in [-0.2, -0.15) is 9.67 Å². The average Bonchev–Trinajstić information content (AvgIpc) is 2.32. The molecule has 1 N–H and O–H groups in total. The van der Waals surface area contributed by atoms with Gasteiger partial charge in [-0.25, -0.2) is 4.99 Å². The highest BCUT2D eigenvalue weighted by Crippen LogP contribution is 2.05. The molecule has 1 aromatic heterocycles. The normalized spacial score (nSPS) is 10.7. The van der Waals surface area contributed by atoms with E-state index in [1.807, 2.05) is 22.6 Å². The lowest BCUT2D eigenvalue weighted by Crippen LogP contribution is -1.95. The van der Waals surface area contributed by atoms with Crippen LogP contribution in [0.2, 0.25) is 0 Å². The first-order valence-corrected chi connectivity index (χ1v) is 4.09. The van der Waals surface area contributed by atoms with Crippen LogP contribution in [-0.4, -0.2) is 25.3 Å². The van der Waals surface area contributed by atoms with E-state index in [1.165, 1.54) is 4.68 Å². The Bertz CT molecular complexity index is 289. The van der Waals surface area contributed by atoms with E-state index >= 15 is 0 Å². The van der Waals surface area contributed by atoms with E-state index in [0.29, 0.717) is 11.8 Å². The Morgan fingerprint density at radius 1 is 1.73 bits per heavy atom. The van der Waals surface area contributed by atoms with Crippen molar-refractivity contribution in [3.8, 4) is 0 Å². The Kier molecular flexibility index (Phi) is 2.69. The highest BCUT2D eigenvalue weighted by molar-refractivity contribution is 14.1. The molecule has 0 amide bonds. The van der Waals surface area contributed by atoms with Gasteiger partial charge >= 0.3 is 0 Å². The Hall–Kier alpha value is -0.790. The van der Waals surface area contributed by atoms with Crippen molar-refractivity contribution in [1.29, 1.82) is 5.41 Å². The van der Waals surface area contributed by atoms with Gasteiger partial charge in [-0.3, -0.25) is 5.41 Å². The van der Waals surface area contributed by atoms with Crippen LogP contribution in [0, 0.1) is 12.3 Å². The molecule has 11 heavy (non-hydrogen) atoms. The quantitative estimate of drug-likeness (QED) is 0.494. The van der Waals surface area contributed by atoms with Gasteiger partial charge < -0.3 is 0 Å². The fourth-order valence-electron chi connectivity index (χ4n) is 0.637. The molecule has 1 heterocycles. The van der Waals surface area contributed by atoms with Crippen molar-refractivity contribution >= 4 is 39.1 Å². The number of nitrogens with zero attached hydrogens (tertiary/aromatic N) is 4. The van der Waals surface area contributed by atoms with E-state index in [2.05, 4.69) is 15.1 Å². The summed E-state index contributed by atoms with van der Waals surface area (Å²) < 4.78 is 2.89. The van der Waals surface area contributed by atoms with Crippen LogP contribution in [-0.2, 0) is 0 Å². The topological polar surface area (TPSA) is 66.9 Å². The molecule has 58 valence electrons. The molecule has 0 saturated heterocycles. The minimum absolute atomic E-state index is 0.437. The summed E-state index contributed by atoms with van der Waals surface area (Å²) in [6.45, 7) is 1.76. The zero-order valence-corrected chi connectivity index (χ0v) is 7.98. The van der Waals surface area contributed by atoms with Gasteiger partial charge in [-0.1, -0.05) is 0 Å². The van der Waals surface area contributed by atoms with E-state index in [-0.39, 0.29) is 0 Å². The Morgan fingerprint density at radius 3 is 3.00 bits per heavy atom. The molecule has 0 atom stereocenters. The van der Waals surface area contributed by atoms with E-state index < -0.39 is 0 Å². The number of rotatable bonds is 2. The lowest BCUT2D eigenvalue weighted by Gasteiger charge is -1.87. The number of aromatic nitrogens is 3. The summed E-state index contributed by atoms with van der Waals surface area (Å²) in [5.41, 5.74) is 0. The van der Waals surface area contributed by atoms with E-state index in [0.717, 1.165) is 6.34 Å². The van der Waals surface area contributed by atoms with Crippen molar-refractivity contribution in [3.05, 3.63) is 5.82 Å². The molecule has 1 rings (SSSR count). The number of hydrogen-bond acceptors (Lipinski definition) is 4. The molecular weight excluding hydrogens is 257 g/mol. The lowest BCUT2D eigenvalue weighted by molar-refractivity contribution is 0.925. The Morgan fingerprint density at radius 2 is 2.45 bits per heavy atom. The summed E-state index contributed by atoms with van der Waals surface area (Å²) in [6.07, 6.45) is 1.07. The zero-order valence-electron chi connectivity index (χ0n) is 5.82. The summed E-state index contributed by atoms with van der Waals surface area (Å²) in [6, 6.07) is 0. The molecule has 5 nitrogen and oxygen atoms in total. The van der Waals surface area contributed by atoms with Gasteiger partial charge in [0.2, 0.25) is 0 Å². The van der Waals surface area contributed by atoms with Gasteiger partial charge in [0.15, 0.2) is 0 Å². The van der Waals surface area contributed by atoms with Crippen LogP contribution in [0.4, 0.5) is 5.95 Å². The van der Waals surface area contributed by atoms with Gasteiger partial charge in [-0.15, -0.1) is 5.10 Å². The first-order chi connectivity index (χ1) is 5.27. The maximum absolute atomic E-state index is 6.94. The second-order valence-corrected chi connectivity index (χ2v) is 2.32. The predicted octanol–water partition coefficient (Wildman–Crippen LogP) is 1.14. The molecule has 1 aromatic rings. The van der Waals surface area contributed by atoms with Crippen molar-refractivity contribution in [1.82, 2.24) is 14.8 Å². The maximum atomic E-state index is 6.94. The number of aryl methyl sites for hydroxylation is 1. The summed E-state index contributed by atoms with van der Waals surface area (Å²) in [7, 11) is 0. The van der Waals surface area contributed by atoms with Crippen LogP contribution in [0.1, 0.15) is 5.82 Å². The molecule has 0 aliphatic carbocycles. The standard InChI is InChI=1S/C5H6IN5/c1-4-9-5(8-2-6)11(3-7)10-4/h2-3,7H,1H3/b7-3?,8-2-. The third-order valence-electron chi connectivity index (χ3n) is 1.01. The molecule has 6 heteroatoms. The molecule has 0 radical (unpaired) electrons. The average molecular weight is 263 g/mol. The summed E-state index contributed by atoms with van der Waals surface area (Å²) in [4.78, 5) is 7.87. The SMILES string of the molecule is Cc1nc(/N=C\I)n(C=N)n1. The monoisotopic (exact) mass is 263 g/mol. The first-order valence-electron chi connectivity index (χ1n) is 2.84. The van der Waals surface area contributed by atoms with Crippen molar-refractivity contribution in [2.75, 3.05) is 0 Å². The van der Waals surface area contributed by atoms with Gasteiger partial charge in [0.05, 0.1) is 4.22 Å². The number of nitrogens with one attached hydrogen (secondary N) is 1. The van der Waals surface area contributed by atoms with Gasteiger partial charge in [0.1, 0.15) is 12.2 Å². The highest BCUT2D eigenvalue weighted by atomic mass is 127. The summed E-state index contributed by atoms with van der Waals surface area (Å²) in [5.74, 6) is 1.05. The summed E-state index contributed by atoms with van der Waals surface area (Å²) in [5, 5.41) is 10.8. The molecular formula is C5H6IN5. The fourth-order valence-corrected chi connectivity index (χ4v) is 0.886. The van der Waals surface area contributed by atoms with Crippen LogP contribution in [0.3, 0.4) is 0 Å². The molecule has 0 aliphatic heterocycles. The van der Waals surface area contributed by atoms with E-state index in [1.54, 1.807) is 11.1 Å². The molecule has 0 fully saturated rings. The third-order valence-corrected chi connectivity index (χ3v) is 1.28. The molecule has 0 aromatic carbocycles. The second-order valence-electron chi connectivity index (χ2n) is 1.76. The molecule has 0 unspecified atom stereocenters. The molecule has 0 bridgehead atoms. The fraction of sp³-hybridized carbons (Fsp3) is 0.200. The molecule has 0 saturated carbocycles. The molecule has 0 spiro atoms. The van der Waals surface area contributed by atoms with Crippen LogP contribution >= 0.6 is 22.6 Å². The largest absolute Gasteiger partial charge is 0.289 e. The number of hydrogen-bond donors (Lipinski definition) is 1. The Labute approximate surface area is 77.2 Å². The highest BCUT2D eigenvalue weighted by Gasteiger charge is 2.00. The van der Waals surface area contributed by atoms with Crippen LogP contribution in [0.15, 0.2) is 4.99 Å². The van der Waals surface area contributed by atoms with Crippen molar-refractivity contribution in [2.24, 2.45) is 4.99 Å². The minimum atomic E-state index is 0.437. The minimum Gasteiger partial charge on any atom is -0.289 e. The van der Waals surface area contributed by atoms with Crippen LogP contribution in [0.5, 0.6) is 0 Å². The lowest BCUT2D eigenvalue weighted by atomic mass is 10.7. The van der Waals surface area contributed by atoms with Crippen molar-refractivity contribution in [2.45, 2.75) is 6.92 Å². The summed E-state index contributed by atoms with van der Waals surface area (Å²) >= 11 is 1.99. The van der Waals surface area contributed by atoms with Crippen LogP contribution in [0.25, 0.3) is 0 Å². The van der Waals surface area contributed by atoms with Crippen LogP contribution < -0.4 is 0 Å². The second kappa shape index (κ2) is 3.56. The number of halogens is 1. The first kappa shape index (κ1) is 8.31. The molecule has 0 aliphatic rings. The van der Waals surface area contributed by atoms with E-state index in [9.17, 15) is 0 Å². The Balaban J connectivity index is 3.11. The van der Waals surface area contributed by atoms with Gasteiger partial charge in [0, 0.05) is 0 Å².